The first-order valence-electron chi connectivity index (χ1n) is 13.8. The third-order valence-electron chi connectivity index (χ3n) is 7.35. The number of nitrogens with one attached hydrogen (secondary N) is 3. The molecule has 1 saturated heterocycles. The summed E-state index contributed by atoms with van der Waals surface area (Å²) >= 11 is 0. The Bertz CT molecular complexity index is 1460. The molecule has 4 aromatic rings. The number of urea groups is 1. The number of carbonyl (C=O) groups excluding carboxylic acids is 2. The number of anilines is 2. The second kappa shape index (κ2) is 11.4. The third kappa shape index (κ3) is 6.42. The molecule has 2 aromatic carbocycles. The summed E-state index contributed by atoms with van der Waals surface area (Å²) in [4.78, 5) is 27.6. The van der Waals surface area contributed by atoms with Crippen LogP contribution in [0.15, 0.2) is 67.0 Å². The van der Waals surface area contributed by atoms with E-state index < -0.39 is 0 Å². The lowest BCUT2D eigenvalue weighted by Gasteiger charge is -2.32. The number of carbonyl (C=O) groups is 2. The van der Waals surface area contributed by atoms with Gasteiger partial charge in [0.05, 0.1) is 23.1 Å². The molecule has 208 valence electrons. The van der Waals surface area contributed by atoms with E-state index in [0.717, 1.165) is 60.5 Å². The molecule has 0 spiro atoms. The molecule has 0 saturated carbocycles. The first kappa shape index (κ1) is 27.2. The summed E-state index contributed by atoms with van der Waals surface area (Å²) in [5.74, 6) is 1.12. The Balaban J connectivity index is 1.21. The molecule has 9 heteroatoms. The van der Waals surface area contributed by atoms with Gasteiger partial charge in [-0.3, -0.25) is 15.2 Å². The highest BCUT2D eigenvalue weighted by atomic mass is 16.2. The summed E-state index contributed by atoms with van der Waals surface area (Å²) in [6, 6.07) is 17.7. The van der Waals surface area contributed by atoms with E-state index in [-0.39, 0.29) is 17.4 Å². The molecule has 0 bridgehead atoms. The number of H-pyrrole nitrogens is 1. The van der Waals surface area contributed by atoms with Crippen LogP contribution in [0.4, 0.5) is 16.3 Å². The molecule has 40 heavy (non-hydrogen) atoms. The predicted octanol–water partition coefficient (Wildman–Crippen LogP) is 5.94. The largest absolute Gasteiger partial charge is 0.339 e. The summed E-state index contributed by atoms with van der Waals surface area (Å²) in [5.41, 5.74) is 5.27. The number of hydrogen-bond acceptors (Lipinski definition) is 4. The highest BCUT2D eigenvalue weighted by Gasteiger charge is 2.25. The van der Waals surface area contributed by atoms with Crippen LogP contribution < -0.4 is 10.6 Å². The highest BCUT2D eigenvalue weighted by molar-refractivity contribution is 5.99. The normalized spacial score (nSPS) is 14.2. The zero-order chi connectivity index (χ0) is 28.3. The van der Waals surface area contributed by atoms with E-state index >= 15 is 0 Å². The molecule has 5 rings (SSSR count). The van der Waals surface area contributed by atoms with Crippen molar-refractivity contribution < 1.29 is 9.59 Å². The maximum atomic E-state index is 13.1. The average Bonchev–Trinajstić information content (AvgIpc) is 3.60. The van der Waals surface area contributed by atoms with Gasteiger partial charge in [-0.05, 0) is 61.9 Å². The van der Waals surface area contributed by atoms with E-state index in [9.17, 15) is 9.59 Å². The SMILES string of the molecule is Cc1ccc(-n2nc(C(C)(C)C)cc2NC(=O)Nc2cccc(CC3CCN(C(=O)c4cn[nH]c4)CC3)c2)cc1. The Morgan fingerprint density at radius 3 is 2.45 bits per heavy atom. The van der Waals surface area contributed by atoms with Crippen molar-refractivity contribution in [3.8, 4) is 5.69 Å². The van der Waals surface area contributed by atoms with Crippen molar-refractivity contribution in [2.24, 2.45) is 5.92 Å². The number of likely N-dealkylation sites (tertiary alicyclic amines) is 1. The van der Waals surface area contributed by atoms with Crippen LogP contribution in [-0.2, 0) is 11.8 Å². The minimum absolute atomic E-state index is 0.0303. The number of nitrogens with zero attached hydrogens (tertiary/aromatic N) is 4. The van der Waals surface area contributed by atoms with E-state index in [1.165, 1.54) is 0 Å². The van der Waals surface area contributed by atoms with Crippen molar-refractivity contribution in [3.63, 3.8) is 0 Å². The number of hydrogen-bond donors (Lipinski definition) is 3. The van der Waals surface area contributed by atoms with E-state index in [4.69, 9.17) is 5.10 Å². The van der Waals surface area contributed by atoms with Gasteiger partial charge in [0.25, 0.3) is 5.91 Å². The van der Waals surface area contributed by atoms with E-state index in [2.05, 4.69) is 47.7 Å². The topological polar surface area (TPSA) is 108 Å². The van der Waals surface area contributed by atoms with Gasteiger partial charge >= 0.3 is 6.03 Å². The minimum atomic E-state index is -0.322. The third-order valence-corrected chi connectivity index (χ3v) is 7.35. The molecule has 2 aromatic heterocycles. The zero-order valence-corrected chi connectivity index (χ0v) is 23.6. The Morgan fingerprint density at radius 2 is 1.77 bits per heavy atom. The van der Waals surface area contributed by atoms with Crippen LogP contribution in [0.3, 0.4) is 0 Å². The van der Waals surface area contributed by atoms with Crippen LogP contribution in [-0.4, -0.2) is 49.9 Å². The number of benzene rings is 2. The lowest BCUT2D eigenvalue weighted by molar-refractivity contribution is 0.0690. The number of aromatic amines is 1. The molecule has 3 amide bonds. The quantitative estimate of drug-likeness (QED) is 0.282. The van der Waals surface area contributed by atoms with Crippen LogP contribution in [0.5, 0.6) is 0 Å². The molecule has 1 fully saturated rings. The Kier molecular flexibility index (Phi) is 7.73. The first-order chi connectivity index (χ1) is 19.2. The number of aryl methyl sites for hydroxylation is 1. The average molecular weight is 540 g/mol. The van der Waals surface area contributed by atoms with Gasteiger partial charge in [0.15, 0.2) is 0 Å². The van der Waals surface area contributed by atoms with Crippen molar-refractivity contribution in [3.05, 3.63) is 89.4 Å². The number of rotatable bonds is 6. The fourth-order valence-electron chi connectivity index (χ4n) is 5.00. The lowest BCUT2D eigenvalue weighted by Crippen LogP contribution is -2.38. The maximum Gasteiger partial charge on any atom is 0.324 e. The molecular formula is C31H37N7O2. The van der Waals surface area contributed by atoms with Crippen LogP contribution in [0.1, 0.15) is 60.8 Å². The lowest BCUT2D eigenvalue weighted by atomic mass is 9.90. The molecule has 0 atom stereocenters. The fourth-order valence-corrected chi connectivity index (χ4v) is 5.00. The van der Waals surface area contributed by atoms with Crippen molar-refractivity contribution in [2.45, 2.75) is 52.4 Å². The predicted molar refractivity (Wildman–Crippen MR) is 157 cm³/mol. The maximum absolute atomic E-state index is 13.1. The smallest absolute Gasteiger partial charge is 0.324 e. The van der Waals surface area contributed by atoms with Crippen LogP contribution >= 0.6 is 0 Å². The first-order valence-corrected chi connectivity index (χ1v) is 13.8. The van der Waals surface area contributed by atoms with Gasteiger partial charge in [-0.2, -0.15) is 10.2 Å². The van der Waals surface area contributed by atoms with E-state index in [1.54, 1.807) is 17.1 Å². The molecule has 0 radical (unpaired) electrons. The van der Waals surface area contributed by atoms with Gasteiger partial charge in [0.1, 0.15) is 5.82 Å². The van der Waals surface area contributed by atoms with Crippen molar-refractivity contribution >= 4 is 23.4 Å². The molecule has 9 nitrogen and oxygen atoms in total. The summed E-state index contributed by atoms with van der Waals surface area (Å²) in [6.07, 6.45) is 6.01. The van der Waals surface area contributed by atoms with Crippen LogP contribution in [0.2, 0.25) is 0 Å². The summed E-state index contributed by atoms with van der Waals surface area (Å²) in [6.45, 7) is 9.82. The van der Waals surface area contributed by atoms with Crippen LogP contribution in [0.25, 0.3) is 5.69 Å². The van der Waals surface area contributed by atoms with Gasteiger partial charge in [-0.15, -0.1) is 0 Å². The Hall–Kier alpha value is -4.40. The highest BCUT2D eigenvalue weighted by Crippen LogP contribution is 2.27. The molecule has 3 heterocycles. The number of amides is 3. The fraction of sp³-hybridized carbons (Fsp3) is 0.355. The second-order valence-corrected chi connectivity index (χ2v) is 11.6. The van der Waals surface area contributed by atoms with Gasteiger partial charge in [-0.25, -0.2) is 9.48 Å². The minimum Gasteiger partial charge on any atom is -0.339 e. The molecular weight excluding hydrogens is 502 g/mol. The summed E-state index contributed by atoms with van der Waals surface area (Å²) < 4.78 is 1.78. The van der Waals surface area contributed by atoms with E-state index in [1.807, 2.05) is 60.4 Å². The number of aromatic nitrogens is 4. The number of piperidine rings is 1. The van der Waals surface area contributed by atoms with Gasteiger partial charge in [0, 0.05) is 36.5 Å². The monoisotopic (exact) mass is 539 g/mol. The second-order valence-electron chi connectivity index (χ2n) is 11.6. The Morgan fingerprint density at radius 1 is 1.02 bits per heavy atom. The molecule has 1 aliphatic rings. The standard InChI is InChI=1S/C31H37N7O2/c1-21-8-10-26(11-9-21)38-28(18-27(36-38)31(2,3)4)35-30(40)34-25-7-5-6-23(17-25)16-22-12-14-37(15-13-22)29(39)24-19-32-33-20-24/h5-11,17-20,22H,12-16H2,1-4H3,(H,32,33)(H2,34,35,40). The van der Waals surface area contributed by atoms with Crippen LogP contribution in [0, 0.1) is 12.8 Å². The molecule has 1 aliphatic heterocycles. The summed E-state index contributed by atoms with van der Waals surface area (Å²) in [5, 5.41) is 17.4. The van der Waals surface area contributed by atoms with Gasteiger partial charge in [-0.1, -0.05) is 50.6 Å². The van der Waals surface area contributed by atoms with Crippen molar-refractivity contribution in [2.75, 3.05) is 23.7 Å². The summed E-state index contributed by atoms with van der Waals surface area (Å²) in [7, 11) is 0. The van der Waals surface area contributed by atoms with E-state index in [0.29, 0.717) is 17.3 Å². The molecule has 3 N–H and O–H groups in total. The molecule has 0 aliphatic carbocycles. The van der Waals surface area contributed by atoms with Gasteiger partial charge in [0.2, 0.25) is 0 Å². The van der Waals surface area contributed by atoms with Crippen molar-refractivity contribution in [1.82, 2.24) is 24.9 Å². The zero-order valence-electron chi connectivity index (χ0n) is 23.6. The Labute approximate surface area is 235 Å². The van der Waals surface area contributed by atoms with Crippen molar-refractivity contribution in [1.29, 1.82) is 0 Å². The van der Waals surface area contributed by atoms with Gasteiger partial charge < -0.3 is 10.2 Å². The molecule has 0 unspecified atom stereocenters.